The first kappa shape index (κ1) is 13.8. The predicted molar refractivity (Wildman–Crippen MR) is 72.8 cm³/mol. The van der Waals surface area contributed by atoms with Gasteiger partial charge in [0, 0.05) is 25.6 Å². The summed E-state index contributed by atoms with van der Waals surface area (Å²) in [4.78, 5) is 0. The maximum Gasteiger partial charge on any atom is 0.0847 e. The van der Waals surface area contributed by atoms with Crippen LogP contribution in [0.1, 0.15) is 31.7 Å². The van der Waals surface area contributed by atoms with E-state index in [1.54, 1.807) is 0 Å². The second-order valence-electron chi connectivity index (χ2n) is 5.13. The monoisotopic (exact) mass is 271 g/mol. The molecule has 102 valence electrons. The summed E-state index contributed by atoms with van der Waals surface area (Å²) in [5.41, 5.74) is 8.19. The Hall–Kier alpha value is -0.580. The number of hydrogen-bond acceptors (Lipinski definition) is 3. The molecule has 0 aromatic carbocycles. The van der Waals surface area contributed by atoms with Crippen LogP contribution >= 0.6 is 11.6 Å². The molecule has 1 aliphatic heterocycles. The van der Waals surface area contributed by atoms with Crippen LogP contribution in [0.3, 0.4) is 0 Å². The Labute approximate surface area is 113 Å². The van der Waals surface area contributed by atoms with Crippen molar-refractivity contribution in [1.29, 1.82) is 0 Å². The number of ether oxygens (including phenoxy) is 1. The van der Waals surface area contributed by atoms with Gasteiger partial charge < -0.3 is 10.5 Å². The van der Waals surface area contributed by atoms with E-state index in [1.807, 2.05) is 11.6 Å². The highest BCUT2D eigenvalue weighted by atomic mass is 35.5. The highest BCUT2D eigenvalue weighted by Crippen LogP contribution is 2.26. The lowest BCUT2D eigenvalue weighted by Crippen LogP contribution is -2.40. The van der Waals surface area contributed by atoms with Crippen molar-refractivity contribution in [3.8, 4) is 0 Å². The molecule has 3 atom stereocenters. The molecule has 4 nitrogen and oxygen atoms in total. The van der Waals surface area contributed by atoms with E-state index in [4.69, 9.17) is 22.1 Å². The molecule has 1 saturated heterocycles. The summed E-state index contributed by atoms with van der Waals surface area (Å²) in [6.07, 6.45) is 1.96. The van der Waals surface area contributed by atoms with E-state index in [0.717, 1.165) is 42.4 Å². The normalized spacial score (nSPS) is 25.6. The second kappa shape index (κ2) is 5.59. The molecule has 2 heterocycles. The number of nitrogens with two attached hydrogens (primary N) is 1. The summed E-state index contributed by atoms with van der Waals surface area (Å²) in [5, 5.41) is 5.16. The number of nitrogens with zero attached hydrogens (tertiary/aromatic N) is 2. The Morgan fingerprint density at radius 3 is 2.89 bits per heavy atom. The Balaban J connectivity index is 2.13. The molecule has 0 spiro atoms. The molecule has 3 unspecified atom stereocenters. The number of hydrogen-bond donors (Lipinski definition) is 1. The number of rotatable bonds is 4. The zero-order valence-electron chi connectivity index (χ0n) is 11.3. The first-order valence-electron chi connectivity index (χ1n) is 6.63. The van der Waals surface area contributed by atoms with Crippen molar-refractivity contribution in [2.75, 3.05) is 6.61 Å². The van der Waals surface area contributed by atoms with Gasteiger partial charge in [0.05, 0.1) is 22.5 Å². The topological polar surface area (TPSA) is 53.1 Å². The molecule has 2 N–H and O–H groups in total. The molecular weight excluding hydrogens is 250 g/mol. The molecule has 18 heavy (non-hydrogen) atoms. The van der Waals surface area contributed by atoms with Gasteiger partial charge in [-0.1, -0.05) is 18.5 Å². The average Bonchev–Trinajstić information content (AvgIpc) is 2.87. The van der Waals surface area contributed by atoms with Crippen LogP contribution in [-0.4, -0.2) is 28.5 Å². The summed E-state index contributed by atoms with van der Waals surface area (Å²) in [5.74, 6) is 0.526. The van der Waals surface area contributed by atoms with Crippen LogP contribution in [0.15, 0.2) is 0 Å². The van der Waals surface area contributed by atoms with Crippen LogP contribution in [0.4, 0.5) is 0 Å². The van der Waals surface area contributed by atoms with Gasteiger partial charge in [-0.2, -0.15) is 5.10 Å². The lowest BCUT2D eigenvalue weighted by Gasteiger charge is -2.22. The van der Waals surface area contributed by atoms with Crippen molar-refractivity contribution in [2.24, 2.45) is 11.7 Å². The molecule has 1 aromatic rings. The zero-order valence-corrected chi connectivity index (χ0v) is 12.1. The molecule has 0 bridgehead atoms. The van der Waals surface area contributed by atoms with E-state index < -0.39 is 0 Å². The van der Waals surface area contributed by atoms with Gasteiger partial charge >= 0.3 is 0 Å². The van der Waals surface area contributed by atoms with E-state index >= 15 is 0 Å². The summed E-state index contributed by atoms with van der Waals surface area (Å²) < 4.78 is 7.66. The fourth-order valence-electron chi connectivity index (χ4n) is 2.67. The highest BCUT2D eigenvalue weighted by Gasteiger charge is 2.31. The lowest BCUT2D eigenvalue weighted by atomic mass is 9.95. The van der Waals surface area contributed by atoms with Gasteiger partial charge in [0.2, 0.25) is 0 Å². The molecule has 5 heteroatoms. The molecule has 1 aromatic heterocycles. The Bertz CT molecular complexity index is 419. The van der Waals surface area contributed by atoms with Gasteiger partial charge in [-0.25, -0.2) is 0 Å². The third-order valence-corrected chi connectivity index (χ3v) is 4.24. The van der Waals surface area contributed by atoms with Gasteiger partial charge in [0.1, 0.15) is 0 Å². The van der Waals surface area contributed by atoms with E-state index in [0.29, 0.717) is 5.92 Å². The first-order chi connectivity index (χ1) is 8.54. The maximum atomic E-state index is 6.30. The number of aromatic nitrogens is 2. The Morgan fingerprint density at radius 1 is 1.61 bits per heavy atom. The van der Waals surface area contributed by atoms with Gasteiger partial charge in [-0.3, -0.25) is 4.68 Å². The molecule has 0 saturated carbocycles. The molecule has 2 rings (SSSR count). The fourth-order valence-corrected chi connectivity index (χ4v) is 2.88. The summed E-state index contributed by atoms with van der Waals surface area (Å²) in [7, 11) is 0. The van der Waals surface area contributed by atoms with Crippen LogP contribution in [0.25, 0.3) is 0 Å². The van der Waals surface area contributed by atoms with E-state index in [1.165, 1.54) is 0 Å². The van der Waals surface area contributed by atoms with Crippen LogP contribution in [-0.2, 0) is 17.7 Å². The number of halogens is 1. The minimum absolute atomic E-state index is 0.0126. The van der Waals surface area contributed by atoms with Crippen LogP contribution in [0.5, 0.6) is 0 Å². The van der Waals surface area contributed by atoms with Gasteiger partial charge in [0.15, 0.2) is 0 Å². The van der Waals surface area contributed by atoms with Gasteiger partial charge in [0.25, 0.3) is 0 Å². The molecule has 1 fully saturated rings. The maximum absolute atomic E-state index is 6.30. The van der Waals surface area contributed by atoms with Crippen LogP contribution < -0.4 is 5.73 Å². The van der Waals surface area contributed by atoms with Crippen molar-refractivity contribution in [3.05, 3.63) is 16.4 Å². The third kappa shape index (κ3) is 2.56. The van der Waals surface area contributed by atoms with Crippen LogP contribution in [0.2, 0.25) is 5.02 Å². The SMILES string of the molecule is CCn1nc(C)c(Cl)c1CC(N)C1OCCC1C. The second-order valence-corrected chi connectivity index (χ2v) is 5.51. The minimum atomic E-state index is -0.0126. The molecule has 0 radical (unpaired) electrons. The van der Waals surface area contributed by atoms with Crippen molar-refractivity contribution < 1.29 is 4.74 Å². The minimum Gasteiger partial charge on any atom is -0.376 e. The summed E-state index contributed by atoms with van der Waals surface area (Å²) >= 11 is 6.30. The van der Waals surface area contributed by atoms with Gasteiger partial charge in [-0.05, 0) is 26.2 Å². The zero-order chi connectivity index (χ0) is 13.3. The van der Waals surface area contributed by atoms with Crippen molar-refractivity contribution in [1.82, 2.24) is 9.78 Å². The smallest absolute Gasteiger partial charge is 0.0847 e. The molecule has 0 aliphatic carbocycles. The van der Waals surface area contributed by atoms with E-state index in [9.17, 15) is 0 Å². The molecule has 1 aliphatic rings. The predicted octanol–water partition coefficient (Wildman–Crippen LogP) is 2.16. The Kier molecular flexibility index (Phi) is 4.30. The van der Waals surface area contributed by atoms with E-state index in [2.05, 4.69) is 18.9 Å². The fraction of sp³-hybridized carbons (Fsp3) is 0.769. The van der Waals surface area contributed by atoms with Crippen molar-refractivity contribution in [2.45, 2.75) is 52.3 Å². The quantitative estimate of drug-likeness (QED) is 0.913. The Morgan fingerprint density at radius 2 is 2.33 bits per heavy atom. The largest absolute Gasteiger partial charge is 0.376 e. The lowest BCUT2D eigenvalue weighted by molar-refractivity contribution is 0.0721. The summed E-state index contributed by atoms with van der Waals surface area (Å²) in [6.45, 7) is 7.82. The molecular formula is C13H22ClN3O. The van der Waals surface area contributed by atoms with Crippen molar-refractivity contribution in [3.63, 3.8) is 0 Å². The van der Waals surface area contributed by atoms with Gasteiger partial charge in [-0.15, -0.1) is 0 Å². The first-order valence-corrected chi connectivity index (χ1v) is 7.01. The number of aryl methyl sites for hydroxylation is 2. The highest BCUT2D eigenvalue weighted by molar-refractivity contribution is 6.31. The summed E-state index contributed by atoms with van der Waals surface area (Å²) in [6, 6.07) is -0.0126. The third-order valence-electron chi connectivity index (χ3n) is 3.75. The van der Waals surface area contributed by atoms with Crippen molar-refractivity contribution >= 4 is 11.6 Å². The standard InChI is InChI=1S/C13H22ClN3O/c1-4-17-11(12(14)9(3)16-17)7-10(15)13-8(2)5-6-18-13/h8,10,13H,4-7,15H2,1-3H3. The average molecular weight is 272 g/mol. The van der Waals surface area contributed by atoms with Crippen LogP contribution in [0, 0.1) is 12.8 Å². The molecule has 0 amide bonds. The van der Waals surface area contributed by atoms with E-state index in [-0.39, 0.29) is 12.1 Å².